The van der Waals surface area contributed by atoms with E-state index in [1.54, 1.807) is 6.07 Å². The SMILES string of the molecule is Nc1cccc(NCc2ccc3c(c2)OCO3)n1. The topological polar surface area (TPSA) is 69.4 Å². The summed E-state index contributed by atoms with van der Waals surface area (Å²) in [5.74, 6) is 2.84. The van der Waals surface area contributed by atoms with Gasteiger partial charge in [-0.2, -0.15) is 0 Å². The molecule has 5 heteroatoms. The predicted octanol–water partition coefficient (Wildman–Crippen LogP) is 2.00. The van der Waals surface area contributed by atoms with Crippen LogP contribution in [0, 0.1) is 0 Å². The zero-order valence-corrected chi connectivity index (χ0v) is 9.72. The summed E-state index contributed by atoms with van der Waals surface area (Å²) in [6, 6.07) is 11.4. The number of ether oxygens (including phenoxy) is 2. The number of fused-ring (bicyclic) bond motifs is 1. The fourth-order valence-corrected chi connectivity index (χ4v) is 1.79. The van der Waals surface area contributed by atoms with Crippen molar-refractivity contribution in [3.8, 4) is 11.5 Å². The summed E-state index contributed by atoms with van der Waals surface area (Å²) >= 11 is 0. The second kappa shape index (κ2) is 4.44. The van der Waals surface area contributed by atoms with Crippen molar-refractivity contribution in [2.75, 3.05) is 17.8 Å². The molecular weight excluding hydrogens is 230 g/mol. The lowest BCUT2D eigenvalue weighted by molar-refractivity contribution is 0.174. The van der Waals surface area contributed by atoms with Crippen LogP contribution < -0.4 is 20.5 Å². The van der Waals surface area contributed by atoms with Crippen LogP contribution in [-0.2, 0) is 6.54 Å². The van der Waals surface area contributed by atoms with Crippen LogP contribution in [0.2, 0.25) is 0 Å². The second-order valence-corrected chi connectivity index (χ2v) is 3.99. The lowest BCUT2D eigenvalue weighted by atomic mass is 10.2. The summed E-state index contributed by atoms with van der Waals surface area (Å²) < 4.78 is 10.6. The molecule has 0 amide bonds. The average Bonchev–Trinajstić information content (AvgIpc) is 2.84. The maximum Gasteiger partial charge on any atom is 0.231 e. The maximum atomic E-state index is 5.61. The summed E-state index contributed by atoms with van der Waals surface area (Å²) in [6.07, 6.45) is 0. The number of rotatable bonds is 3. The molecule has 18 heavy (non-hydrogen) atoms. The molecule has 0 radical (unpaired) electrons. The molecule has 0 unspecified atom stereocenters. The number of hydrogen-bond donors (Lipinski definition) is 2. The molecule has 0 spiro atoms. The van der Waals surface area contributed by atoms with Crippen molar-refractivity contribution < 1.29 is 9.47 Å². The van der Waals surface area contributed by atoms with Gasteiger partial charge in [0.05, 0.1) is 0 Å². The minimum atomic E-state index is 0.295. The van der Waals surface area contributed by atoms with Gasteiger partial charge in [-0.1, -0.05) is 12.1 Å². The van der Waals surface area contributed by atoms with E-state index in [9.17, 15) is 0 Å². The average molecular weight is 243 g/mol. The summed E-state index contributed by atoms with van der Waals surface area (Å²) in [5, 5.41) is 3.21. The first-order chi connectivity index (χ1) is 8.81. The third-order valence-corrected chi connectivity index (χ3v) is 2.68. The molecule has 5 nitrogen and oxygen atoms in total. The number of nitrogens with zero attached hydrogens (tertiary/aromatic N) is 1. The highest BCUT2D eigenvalue weighted by Crippen LogP contribution is 2.32. The van der Waals surface area contributed by atoms with Gasteiger partial charge in [0.25, 0.3) is 0 Å². The molecular formula is C13H13N3O2. The van der Waals surface area contributed by atoms with E-state index in [4.69, 9.17) is 15.2 Å². The lowest BCUT2D eigenvalue weighted by Crippen LogP contribution is -2.02. The highest BCUT2D eigenvalue weighted by atomic mass is 16.7. The largest absolute Gasteiger partial charge is 0.454 e. The van der Waals surface area contributed by atoms with E-state index in [1.165, 1.54) is 0 Å². The predicted molar refractivity (Wildman–Crippen MR) is 68.5 cm³/mol. The molecule has 0 aliphatic carbocycles. The molecule has 0 saturated carbocycles. The number of nitrogens with two attached hydrogens (primary N) is 1. The number of nitrogens with one attached hydrogen (secondary N) is 1. The van der Waals surface area contributed by atoms with E-state index in [2.05, 4.69) is 10.3 Å². The zero-order chi connectivity index (χ0) is 12.4. The molecule has 1 aromatic carbocycles. The van der Waals surface area contributed by atoms with Gasteiger partial charge in [-0.3, -0.25) is 0 Å². The first-order valence-electron chi connectivity index (χ1n) is 5.66. The van der Waals surface area contributed by atoms with Crippen molar-refractivity contribution in [1.82, 2.24) is 4.98 Å². The van der Waals surface area contributed by atoms with Crippen LogP contribution in [0.15, 0.2) is 36.4 Å². The summed E-state index contributed by atoms with van der Waals surface area (Å²) in [6.45, 7) is 0.954. The molecule has 1 aliphatic heterocycles. The summed E-state index contributed by atoms with van der Waals surface area (Å²) in [5.41, 5.74) is 6.71. The normalized spacial score (nSPS) is 12.4. The van der Waals surface area contributed by atoms with Crippen LogP contribution in [0.5, 0.6) is 11.5 Å². The van der Waals surface area contributed by atoms with Crippen LogP contribution in [0.4, 0.5) is 11.6 Å². The van der Waals surface area contributed by atoms with E-state index in [1.807, 2.05) is 30.3 Å². The number of benzene rings is 1. The Labute approximate surface area is 105 Å². The van der Waals surface area contributed by atoms with Crippen LogP contribution in [0.25, 0.3) is 0 Å². The molecule has 92 valence electrons. The second-order valence-electron chi connectivity index (χ2n) is 3.99. The molecule has 2 aromatic rings. The van der Waals surface area contributed by atoms with E-state index in [0.717, 1.165) is 22.9 Å². The highest BCUT2D eigenvalue weighted by Gasteiger charge is 2.12. The number of nitrogen functional groups attached to an aromatic ring is 1. The standard InChI is InChI=1S/C13H13N3O2/c14-12-2-1-3-13(16-12)15-7-9-4-5-10-11(6-9)18-8-17-10/h1-6H,7-8H2,(H3,14,15,16). The molecule has 3 rings (SSSR count). The van der Waals surface area contributed by atoms with Crippen molar-refractivity contribution in [2.45, 2.75) is 6.54 Å². The first kappa shape index (κ1) is 10.7. The maximum absolute atomic E-state index is 5.61. The van der Waals surface area contributed by atoms with E-state index in [-0.39, 0.29) is 0 Å². The zero-order valence-electron chi connectivity index (χ0n) is 9.72. The van der Waals surface area contributed by atoms with E-state index >= 15 is 0 Å². The lowest BCUT2D eigenvalue weighted by Gasteiger charge is -2.06. The van der Waals surface area contributed by atoms with Gasteiger partial charge < -0.3 is 20.5 Å². The molecule has 0 fully saturated rings. The number of anilines is 2. The van der Waals surface area contributed by atoms with Crippen molar-refractivity contribution in [2.24, 2.45) is 0 Å². The third kappa shape index (κ3) is 2.15. The number of hydrogen-bond acceptors (Lipinski definition) is 5. The van der Waals surface area contributed by atoms with Crippen molar-refractivity contribution >= 4 is 11.6 Å². The van der Waals surface area contributed by atoms with Crippen molar-refractivity contribution in [3.63, 3.8) is 0 Å². The van der Waals surface area contributed by atoms with Crippen LogP contribution in [-0.4, -0.2) is 11.8 Å². The smallest absolute Gasteiger partial charge is 0.231 e. The minimum absolute atomic E-state index is 0.295. The first-order valence-corrected chi connectivity index (χ1v) is 5.66. The summed E-state index contributed by atoms with van der Waals surface area (Å²) in [4.78, 5) is 4.17. The molecule has 2 heterocycles. The van der Waals surface area contributed by atoms with Gasteiger partial charge in [0.1, 0.15) is 11.6 Å². The minimum Gasteiger partial charge on any atom is -0.454 e. The molecule has 1 aromatic heterocycles. The third-order valence-electron chi connectivity index (χ3n) is 2.68. The Morgan fingerprint density at radius 2 is 2.06 bits per heavy atom. The fourth-order valence-electron chi connectivity index (χ4n) is 1.79. The molecule has 0 saturated heterocycles. The van der Waals surface area contributed by atoms with Gasteiger partial charge in [0.15, 0.2) is 11.5 Å². The van der Waals surface area contributed by atoms with Crippen LogP contribution >= 0.6 is 0 Å². The fraction of sp³-hybridized carbons (Fsp3) is 0.154. The van der Waals surface area contributed by atoms with E-state index in [0.29, 0.717) is 19.2 Å². The Bertz CT molecular complexity index is 572. The molecule has 0 bridgehead atoms. The number of aromatic nitrogens is 1. The highest BCUT2D eigenvalue weighted by molar-refractivity contribution is 5.46. The summed E-state index contributed by atoms with van der Waals surface area (Å²) in [7, 11) is 0. The Morgan fingerprint density at radius 3 is 2.94 bits per heavy atom. The Kier molecular flexibility index (Phi) is 2.64. The van der Waals surface area contributed by atoms with Gasteiger partial charge >= 0.3 is 0 Å². The van der Waals surface area contributed by atoms with Crippen LogP contribution in [0.1, 0.15) is 5.56 Å². The monoisotopic (exact) mass is 243 g/mol. The van der Waals surface area contributed by atoms with Crippen LogP contribution in [0.3, 0.4) is 0 Å². The number of pyridine rings is 1. The molecule has 0 atom stereocenters. The van der Waals surface area contributed by atoms with Gasteiger partial charge in [0.2, 0.25) is 6.79 Å². The molecule has 1 aliphatic rings. The Balaban J connectivity index is 1.70. The van der Waals surface area contributed by atoms with Crippen molar-refractivity contribution in [3.05, 3.63) is 42.0 Å². The van der Waals surface area contributed by atoms with Gasteiger partial charge in [-0.05, 0) is 29.8 Å². The van der Waals surface area contributed by atoms with Gasteiger partial charge in [0, 0.05) is 6.54 Å². The van der Waals surface area contributed by atoms with Gasteiger partial charge in [-0.25, -0.2) is 4.98 Å². The van der Waals surface area contributed by atoms with E-state index < -0.39 is 0 Å². The van der Waals surface area contributed by atoms with Gasteiger partial charge in [-0.15, -0.1) is 0 Å². The quantitative estimate of drug-likeness (QED) is 0.863. The van der Waals surface area contributed by atoms with Crippen molar-refractivity contribution in [1.29, 1.82) is 0 Å². The molecule has 3 N–H and O–H groups in total. The Morgan fingerprint density at radius 1 is 1.17 bits per heavy atom. The Hall–Kier alpha value is -2.43.